The summed E-state index contributed by atoms with van der Waals surface area (Å²) in [4.78, 5) is 43.2. The number of benzene rings is 5. The summed E-state index contributed by atoms with van der Waals surface area (Å²) in [6.07, 6.45) is 2.34. The maximum atomic E-state index is 14.8. The van der Waals surface area contributed by atoms with Crippen LogP contribution in [0.3, 0.4) is 0 Å². The molecule has 0 aliphatic carbocycles. The predicted octanol–water partition coefficient (Wildman–Crippen LogP) is 8.22. The SMILES string of the molecule is C=CCC(C(N)=O)C(CC(C)C)C(=O)NC1C(=O)N(Cc2cccc(-c3ccc4ccccc4c3)c2)c2ccccc2-c2ccccc21. The second-order valence-corrected chi connectivity index (χ2v) is 13.0. The average molecular weight is 636 g/mol. The minimum absolute atomic E-state index is 0.125. The van der Waals surface area contributed by atoms with Gasteiger partial charge in [0.2, 0.25) is 11.8 Å². The molecule has 6 heteroatoms. The molecular weight excluding hydrogens is 594 g/mol. The van der Waals surface area contributed by atoms with Crippen molar-refractivity contribution in [2.75, 3.05) is 4.90 Å². The Morgan fingerprint density at radius 2 is 1.50 bits per heavy atom. The summed E-state index contributed by atoms with van der Waals surface area (Å²) in [7, 11) is 0. The number of hydrogen-bond acceptors (Lipinski definition) is 3. The molecule has 242 valence electrons. The Kier molecular flexibility index (Phi) is 9.53. The molecule has 1 heterocycles. The third-order valence-electron chi connectivity index (χ3n) is 9.24. The number of fused-ring (bicyclic) bond motifs is 4. The van der Waals surface area contributed by atoms with Gasteiger partial charge >= 0.3 is 0 Å². The summed E-state index contributed by atoms with van der Waals surface area (Å²) in [5.41, 5.74) is 12.2. The van der Waals surface area contributed by atoms with E-state index in [1.807, 2.05) is 86.6 Å². The van der Waals surface area contributed by atoms with Gasteiger partial charge in [-0.25, -0.2) is 0 Å². The first-order valence-electron chi connectivity index (χ1n) is 16.5. The number of para-hydroxylation sites is 1. The van der Waals surface area contributed by atoms with Crippen molar-refractivity contribution in [1.29, 1.82) is 0 Å². The second-order valence-electron chi connectivity index (χ2n) is 13.0. The molecule has 1 aliphatic heterocycles. The highest BCUT2D eigenvalue weighted by molar-refractivity contribution is 6.06. The van der Waals surface area contributed by atoms with Crippen molar-refractivity contribution in [2.24, 2.45) is 23.5 Å². The number of nitrogens with one attached hydrogen (secondary N) is 1. The van der Waals surface area contributed by atoms with Gasteiger partial charge in [0.25, 0.3) is 5.91 Å². The van der Waals surface area contributed by atoms with Crippen molar-refractivity contribution in [2.45, 2.75) is 39.3 Å². The average Bonchev–Trinajstić information content (AvgIpc) is 3.19. The molecule has 3 atom stereocenters. The summed E-state index contributed by atoms with van der Waals surface area (Å²) in [6, 6.07) is 37.5. The third-order valence-corrected chi connectivity index (χ3v) is 9.24. The van der Waals surface area contributed by atoms with Gasteiger partial charge < -0.3 is 16.0 Å². The first-order valence-corrected chi connectivity index (χ1v) is 16.5. The lowest BCUT2D eigenvalue weighted by molar-refractivity contribution is -0.135. The Balaban J connectivity index is 1.39. The smallest absolute Gasteiger partial charge is 0.254 e. The Morgan fingerprint density at radius 1 is 0.812 bits per heavy atom. The number of nitrogens with zero attached hydrogens (tertiary/aromatic N) is 1. The largest absolute Gasteiger partial charge is 0.369 e. The van der Waals surface area contributed by atoms with E-state index in [-0.39, 0.29) is 24.2 Å². The van der Waals surface area contributed by atoms with Gasteiger partial charge in [0.1, 0.15) is 6.04 Å². The highest BCUT2D eigenvalue weighted by atomic mass is 16.2. The molecule has 0 radical (unpaired) electrons. The van der Waals surface area contributed by atoms with Crippen LogP contribution in [-0.2, 0) is 20.9 Å². The van der Waals surface area contributed by atoms with Crippen LogP contribution < -0.4 is 16.0 Å². The molecular formula is C42H41N3O3. The van der Waals surface area contributed by atoms with Crippen LogP contribution in [0, 0.1) is 17.8 Å². The zero-order valence-corrected chi connectivity index (χ0v) is 27.4. The quantitative estimate of drug-likeness (QED) is 0.143. The third kappa shape index (κ3) is 6.65. The van der Waals surface area contributed by atoms with Crippen LogP contribution in [0.15, 0.2) is 128 Å². The summed E-state index contributed by atoms with van der Waals surface area (Å²) in [6.45, 7) is 8.09. The minimum atomic E-state index is -0.975. The molecule has 6 nitrogen and oxygen atoms in total. The van der Waals surface area contributed by atoms with Crippen molar-refractivity contribution in [3.8, 4) is 22.3 Å². The second kappa shape index (κ2) is 14.1. The monoisotopic (exact) mass is 635 g/mol. The number of carbonyl (C=O) groups excluding carboxylic acids is 3. The lowest BCUT2D eigenvalue weighted by atomic mass is 9.82. The van der Waals surface area contributed by atoms with Gasteiger partial charge in [-0.1, -0.05) is 117 Å². The fraction of sp³-hybridized carbons (Fsp3) is 0.214. The molecule has 1 aliphatic rings. The van der Waals surface area contributed by atoms with E-state index in [0.29, 0.717) is 18.5 Å². The molecule has 3 N–H and O–H groups in total. The summed E-state index contributed by atoms with van der Waals surface area (Å²) in [5, 5.41) is 5.44. The van der Waals surface area contributed by atoms with Gasteiger partial charge in [-0.3, -0.25) is 14.4 Å². The van der Waals surface area contributed by atoms with Crippen LogP contribution in [0.1, 0.15) is 43.9 Å². The molecule has 5 aromatic carbocycles. The Morgan fingerprint density at radius 3 is 2.25 bits per heavy atom. The summed E-state index contributed by atoms with van der Waals surface area (Å²) < 4.78 is 0. The highest BCUT2D eigenvalue weighted by Gasteiger charge is 2.38. The number of amides is 3. The van der Waals surface area contributed by atoms with E-state index in [9.17, 15) is 14.4 Å². The number of nitrogens with two attached hydrogens (primary N) is 1. The standard InChI is InChI=1S/C42H41N3O3/c1-4-12-36(40(43)46)37(23-27(2)3)41(47)44-39-35-19-8-7-17-33(35)34-18-9-10-20-38(34)45(42(39)48)26-28-13-11-16-30(24-28)32-22-21-29-14-5-6-15-31(29)25-32/h4-11,13-22,24-25,27,36-37,39H,1,12,23,26H2,2-3H3,(H2,43,46)(H,44,47). The highest BCUT2D eigenvalue weighted by Crippen LogP contribution is 2.41. The molecule has 0 saturated carbocycles. The molecule has 0 fully saturated rings. The van der Waals surface area contributed by atoms with Gasteiger partial charge in [-0.2, -0.15) is 0 Å². The van der Waals surface area contributed by atoms with E-state index in [0.717, 1.165) is 38.9 Å². The minimum Gasteiger partial charge on any atom is -0.369 e. The van der Waals surface area contributed by atoms with Gasteiger partial charge in [0.15, 0.2) is 0 Å². The Labute approximate surface area is 282 Å². The van der Waals surface area contributed by atoms with E-state index >= 15 is 0 Å². The molecule has 3 unspecified atom stereocenters. The number of hydrogen-bond donors (Lipinski definition) is 2. The topological polar surface area (TPSA) is 92.5 Å². The fourth-order valence-electron chi connectivity index (χ4n) is 6.91. The summed E-state index contributed by atoms with van der Waals surface area (Å²) >= 11 is 0. The van der Waals surface area contributed by atoms with E-state index in [1.54, 1.807) is 11.0 Å². The van der Waals surface area contributed by atoms with Crippen LogP contribution >= 0.6 is 0 Å². The van der Waals surface area contributed by atoms with Crippen molar-refractivity contribution in [3.05, 3.63) is 139 Å². The number of anilines is 1. The van der Waals surface area contributed by atoms with Crippen molar-refractivity contribution in [3.63, 3.8) is 0 Å². The zero-order valence-electron chi connectivity index (χ0n) is 27.4. The van der Waals surface area contributed by atoms with E-state index in [2.05, 4.69) is 54.4 Å². The van der Waals surface area contributed by atoms with Crippen LogP contribution in [0.2, 0.25) is 0 Å². The van der Waals surface area contributed by atoms with Crippen LogP contribution in [0.4, 0.5) is 5.69 Å². The molecule has 0 bridgehead atoms. The molecule has 6 rings (SSSR count). The predicted molar refractivity (Wildman–Crippen MR) is 194 cm³/mol. The lowest BCUT2D eigenvalue weighted by Crippen LogP contribution is -2.47. The van der Waals surface area contributed by atoms with Crippen LogP contribution in [0.25, 0.3) is 33.0 Å². The van der Waals surface area contributed by atoms with Crippen LogP contribution in [0.5, 0.6) is 0 Å². The zero-order chi connectivity index (χ0) is 33.8. The first kappa shape index (κ1) is 32.5. The van der Waals surface area contributed by atoms with E-state index < -0.39 is 23.8 Å². The molecule has 3 amide bonds. The molecule has 0 saturated heterocycles. The molecule has 0 spiro atoms. The van der Waals surface area contributed by atoms with Crippen molar-refractivity contribution in [1.82, 2.24) is 5.32 Å². The number of rotatable bonds is 11. The molecule has 5 aromatic rings. The van der Waals surface area contributed by atoms with E-state index in [1.165, 1.54) is 5.39 Å². The first-order chi connectivity index (χ1) is 23.2. The number of carbonyl (C=O) groups is 3. The number of allylic oxidation sites excluding steroid dienone is 1. The van der Waals surface area contributed by atoms with Gasteiger partial charge in [-0.05, 0) is 75.5 Å². The normalized spacial score (nSPS) is 15.3. The summed E-state index contributed by atoms with van der Waals surface area (Å²) in [5.74, 6) is -2.49. The van der Waals surface area contributed by atoms with Crippen molar-refractivity contribution < 1.29 is 14.4 Å². The Hall–Kier alpha value is -5.49. The lowest BCUT2D eigenvalue weighted by Gasteiger charge is -2.30. The van der Waals surface area contributed by atoms with Gasteiger partial charge in [0, 0.05) is 5.56 Å². The fourth-order valence-corrected chi connectivity index (χ4v) is 6.91. The van der Waals surface area contributed by atoms with Crippen molar-refractivity contribution >= 4 is 34.2 Å². The maximum Gasteiger partial charge on any atom is 0.254 e. The number of primary amides is 1. The van der Waals surface area contributed by atoms with Gasteiger partial charge in [-0.15, -0.1) is 6.58 Å². The van der Waals surface area contributed by atoms with Gasteiger partial charge in [0.05, 0.1) is 24.1 Å². The molecule has 0 aromatic heterocycles. The molecule has 48 heavy (non-hydrogen) atoms. The van der Waals surface area contributed by atoms with E-state index in [4.69, 9.17) is 5.73 Å². The Bertz CT molecular complexity index is 2000. The van der Waals surface area contributed by atoms with Crippen LogP contribution in [-0.4, -0.2) is 17.7 Å². The maximum absolute atomic E-state index is 14.8.